The molecule has 3 N–H and O–H groups in total. The average molecular weight is 730 g/mol. The molecule has 1 unspecified atom stereocenters. The van der Waals surface area contributed by atoms with Gasteiger partial charge in [0.15, 0.2) is 11.9 Å². The molecule has 0 aromatic heterocycles. The van der Waals surface area contributed by atoms with E-state index < -0.39 is 32.5 Å². The molecule has 292 valence electrons. The molecule has 0 saturated carbocycles. The molecule has 0 aliphatic rings. The highest BCUT2D eigenvalue weighted by Crippen LogP contribution is 2.43. The van der Waals surface area contributed by atoms with Gasteiger partial charge in [-0.25, -0.2) is 4.57 Å². The van der Waals surface area contributed by atoms with Crippen LogP contribution in [0.1, 0.15) is 174 Å². The summed E-state index contributed by atoms with van der Waals surface area (Å²) in [5, 5.41) is 0. The first-order valence-electron chi connectivity index (χ1n) is 19.8. The molecule has 0 radical (unpaired) electrons. The molecule has 0 amide bonds. The van der Waals surface area contributed by atoms with Gasteiger partial charge in [-0.15, -0.1) is 0 Å². The van der Waals surface area contributed by atoms with E-state index in [2.05, 4.69) is 19.9 Å². The summed E-state index contributed by atoms with van der Waals surface area (Å²) in [7, 11) is -4.40. The zero-order valence-corrected chi connectivity index (χ0v) is 32.5. The van der Waals surface area contributed by atoms with Gasteiger partial charge in [0, 0.05) is 25.8 Å². The first-order valence-corrected chi connectivity index (χ1v) is 21.3. The highest BCUT2D eigenvalue weighted by molar-refractivity contribution is 7.47. The van der Waals surface area contributed by atoms with Crippen molar-refractivity contribution in [3.63, 3.8) is 0 Å². The van der Waals surface area contributed by atoms with E-state index in [0.29, 0.717) is 12.8 Å². The van der Waals surface area contributed by atoms with Crippen LogP contribution in [0.25, 0.3) is 0 Å². The Hall–Kier alpha value is -1.84. The number of unbranched alkanes of at least 4 members (excludes halogenated alkanes) is 19. The van der Waals surface area contributed by atoms with Crippen molar-refractivity contribution in [3.8, 4) is 0 Å². The molecule has 0 aliphatic heterocycles. The van der Waals surface area contributed by atoms with Crippen LogP contribution in [-0.2, 0) is 37.5 Å². The van der Waals surface area contributed by atoms with E-state index in [0.717, 1.165) is 51.4 Å². The maximum Gasteiger partial charge on any atom is 0.472 e. The van der Waals surface area contributed by atoms with Crippen molar-refractivity contribution >= 4 is 25.5 Å². The monoisotopic (exact) mass is 729 g/mol. The maximum absolute atomic E-state index is 12.5. The van der Waals surface area contributed by atoms with Gasteiger partial charge < -0.3 is 20.1 Å². The largest absolute Gasteiger partial charge is 0.472 e. The fraction of sp³-hybridized carbons (Fsp3) is 0.821. The third-order valence-corrected chi connectivity index (χ3v) is 9.30. The molecule has 0 rings (SSSR count). The molecule has 0 aromatic carbocycles. The Morgan fingerprint density at radius 1 is 0.640 bits per heavy atom. The number of ether oxygens (including phenoxy) is 2. The summed E-state index contributed by atoms with van der Waals surface area (Å²) in [4.78, 5) is 46.7. The summed E-state index contributed by atoms with van der Waals surface area (Å²) < 4.78 is 32.6. The SMILES string of the molecule is CCCCC/C=C\C=C\C(=O)CCCCCCCC(=O)O[C@H](COC(=O)CCCCCCCCCCCCCCC)COP(=O)(O)OCCN. The zero-order chi connectivity index (χ0) is 37.0. The number of esters is 2. The van der Waals surface area contributed by atoms with Crippen molar-refractivity contribution in [3.05, 3.63) is 24.3 Å². The molecule has 50 heavy (non-hydrogen) atoms. The Bertz CT molecular complexity index is 941. The Kier molecular flexibility index (Phi) is 34.2. The average Bonchev–Trinajstić information content (AvgIpc) is 3.09. The predicted octanol–water partition coefficient (Wildman–Crippen LogP) is 10.0. The minimum Gasteiger partial charge on any atom is -0.462 e. The second-order valence-corrected chi connectivity index (χ2v) is 14.6. The molecule has 11 heteroatoms. The molecule has 0 heterocycles. The van der Waals surface area contributed by atoms with Gasteiger partial charge in [0.05, 0.1) is 13.2 Å². The number of ketones is 1. The number of carbonyl (C=O) groups is 3. The van der Waals surface area contributed by atoms with Crippen molar-refractivity contribution in [2.45, 2.75) is 180 Å². The third-order valence-electron chi connectivity index (χ3n) is 8.32. The lowest BCUT2D eigenvalue weighted by Crippen LogP contribution is -2.29. The van der Waals surface area contributed by atoms with Gasteiger partial charge in [-0.3, -0.25) is 23.4 Å². The topological polar surface area (TPSA) is 151 Å². The molecule has 0 bridgehead atoms. The molecular formula is C39H72NO9P. The van der Waals surface area contributed by atoms with Crippen molar-refractivity contribution in [1.82, 2.24) is 0 Å². The van der Waals surface area contributed by atoms with Crippen LogP contribution in [-0.4, -0.2) is 55.1 Å². The van der Waals surface area contributed by atoms with Gasteiger partial charge >= 0.3 is 19.8 Å². The molecule has 10 nitrogen and oxygen atoms in total. The van der Waals surface area contributed by atoms with Gasteiger partial charge in [0.1, 0.15) is 6.61 Å². The Labute approximate surface area is 304 Å². The van der Waals surface area contributed by atoms with Gasteiger partial charge in [0.2, 0.25) is 0 Å². The standard InChI is InChI=1S/C39H72NO9P/c1-3-5-7-9-11-12-13-14-15-16-18-22-26-30-38(42)46-34-37(35-48-50(44,45)47-33-32-40)49-39(43)31-27-23-19-21-25-29-36(41)28-24-20-17-10-8-6-4-2/h17,20,24,28,37H,3-16,18-19,21-23,25-27,29-35,40H2,1-2H3,(H,44,45)/b20-17-,28-24+/t37-/m1/s1. The fourth-order valence-corrected chi connectivity index (χ4v) is 6.09. The fourth-order valence-electron chi connectivity index (χ4n) is 5.32. The number of hydrogen-bond acceptors (Lipinski definition) is 9. The van der Waals surface area contributed by atoms with E-state index in [1.54, 1.807) is 6.08 Å². The number of phosphoric acid groups is 1. The van der Waals surface area contributed by atoms with Crippen LogP contribution in [0, 0.1) is 0 Å². The van der Waals surface area contributed by atoms with Gasteiger partial charge in [-0.1, -0.05) is 141 Å². The maximum atomic E-state index is 12.5. The first kappa shape index (κ1) is 48.2. The third kappa shape index (κ3) is 34.6. The molecule has 0 saturated heterocycles. The van der Waals surface area contributed by atoms with E-state index >= 15 is 0 Å². The second-order valence-electron chi connectivity index (χ2n) is 13.2. The summed E-state index contributed by atoms with van der Waals surface area (Å²) in [5.41, 5.74) is 5.32. The Morgan fingerprint density at radius 3 is 1.70 bits per heavy atom. The van der Waals surface area contributed by atoms with Crippen LogP contribution in [0.5, 0.6) is 0 Å². The van der Waals surface area contributed by atoms with E-state index in [-0.39, 0.29) is 38.4 Å². The lowest BCUT2D eigenvalue weighted by Gasteiger charge is -2.19. The molecule has 0 aromatic rings. The minimum atomic E-state index is -4.40. The minimum absolute atomic E-state index is 0.0351. The van der Waals surface area contributed by atoms with Crippen molar-refractivity contribution < 1.29 is 42.4 Å². The molecule has 0 fully saturated rings. The Morgan fingerprint density at radius 2 is 1.14 bits per heavy atom. The predicted molar refractivity (Wildman–Crippen MR) is 202 cm³/mol. The van der Waals surface area contributed by atoms with E-state index in [4.69, 9.17) is 24.3 Å². The number of phosphoric ester groups is 1. The molecule has 2 atom stereocenters. The van der Waals surface area contributed by atoms with E-state index in [1.807, 2.05) is 12.2 Å². The van der Waals surface area contributed by atoms with Crippen LogP contribution in [0.15, 0.2) is 24.3 Å². The lowest BCUT2D eigenvalue weighted by atomic mass is 10.0. The summed E-state index contributed by atoms with van der Waals surface area (Å²) in [5.74, 6) is -0.802. The van der Waals surface area contributed by atoms with Crippen molar-refractivity contribution in [2.75, 3.05) is 26.4 Å². The van der Waals surface area contributed by atoms with Crippen LogP contribution in [0.3, 0.4) is 0 Å². The smallest absolute Gasteiger partial charge is 0.462 e. The lowest BCUT2D eigenvalue weighted by molar-refractivity contribution is -0.161. The summed E-state index contributed by atoms with van der Waals surface area (Å²) in [6.07, 6.45) is 31.7. The highest BCUT2D eigenvalue weighted by Gasteiger charge is 2.26. The van der Waals surface area contributed by atoms with Crippen LogP contribution >= 0.6 is 7.82 Å². The number of allylic oxidation sites excluding steroid dienone is 4. The number of nitrogens with two attached hydrogens (primary N) is 1. The van der Waals surface area contributed by atoms with Gasteiger partial charge in [-0.2, -0.15) is 0 Å². The van der Waals surface area contributed by atoms with Crippen molar-refractivity contribution in [1.29, 1.82) is 0 Å². The van der Waals surface area contributed by atoms with Crippen LogP contribution in [0.2, 0.25) is 0 Å². The zero-order valence-electron chi connectivity index (χ0n) is 31.6. The van der Waals surface area contributed by atoms with Crippen molar-refractivity contribution in [2.24, 2.45) is 5.73 Å². The van der Waals surface area contributed by atoms with Crippen LogP contribution in [0.4, 0.5) is 0 Å². The summed E-state index contributed by atoms with van der Waals surface area (Å²) in [6, 6.07) is 0. The Balaban J connectivity index is 4.29. The first-order chi connectivity index (χ1) is 24.2. The highest BCUT2D eigenvalue weighted by atomic mass is 31.2. The van der Waals surface area contributed by atoms with Crippen LogP contribution < -0.4 is 5.73 Å². The van der Waals surface area contributed by atoms with E-state index in [9.17, 15) is 23.8 Å². The molecule has 0 aliphatic carbocycles. The normalized spacial score (nSPS) is 13.5. The number of carbonyl (C=O) groups excluding carboxylic acids is 3. The number of hydrogen-bond donors (Lipinski definition) is 2. The quantitative estimate of drug-likeness (QED) is 0.0208. The van der Waals surface area contributed by atoms with Gasteiger partial charge in [-0.05, 0) is 38.2 Å². The van der Waals surface area contributed by atoms with Gasteiger partial charge in [0.25, 0.3) is 0 Å². The summed E-state index contributed by atoms with van der Waals surface area (Å²) >= 11 is 0. The second kappa shape index (κ2) is 35.6. The van der Waals surface area contributed by atoms with E-state index in [1.165, 1.54) is 83.5 Å². The summed E-state index contributed by atoms with van der Waals surface area (Å²) in [6.45, 7) is 3.53. The number of rotatable bonds is 37. The molecule has 0 spiro atoms. The molecular weight excluding hydrogens is 657 g/mol.